The summed E-state index contributed by atoms with van der Waals surface area (Å²) in [7, 11) is 6.59. The van der Waals surface area contributed by atoms with Crippen LogP contribution < -0.4 is 0 Å². The predicted octanol–water partition coefficient (Wildman–Crippen LogP) is 6.13. The number of furan rings is 1. The van der Waals surface area contributed by atoms with Crippen LogP contribution in [-0.2, 0) is 5.31 Å². The molecule has 0 aliphatic heterocycles. The van der Waals surface area contributed by atoms with Crippen LogP contribution in [0.3, 0.4) is 0 Å². The fourth-order valence-corrected chi connectivity index (χ4v) is 4.67. The van der Waals surface area contributed by atoms with Crippen LogP contribution in [0.15, 0.2) is 71.3 Å². The number of aromatic nitrogens is 2. The summed E-state index contributed by atoms with van der Waals surface area (Å²) < 4.78 is 6.22. The first-order chi connectivity index (χ1) is 14.2. The molecule has 1 aliphatic rings. The standard InChI is InChI=1S/C25H19BN2O/c26-25(12-3-4-13-25)17-10-11-22(27-15-17)19-8-5-7-18-20-14-16-6-1-2-9-21(16)28-24(20)29-23(18)19/h1-2,5-11,14-15H,3-4,12-13H2. The van der Waals surface area contributed by atoms with Crippen LogP contribution in [0.5, 0.6) is 0 Å². The van der Waals surface area contributed by atoms with Crippen molar-refractivity contribution in [1.29, 1.82) is 0 Å². The second-order valence-electron chi connectivity index (χ2n) is 8.11. The van der Waals surface area contributed by atoms with Crippen molar-refractivity contribution in [3.63, 3.8) is 0 Å². The highest BCUT2D eigenvalue weighted by atomic mass is 16.3. The summed E-state index contributed by atoms with van der Waals surface area (Å²) in [6.07, 6.45) is 6.39. The van der Waals surface area contributed by atoms with Gasteiger partial charge in [0.1, 0.15) is 5.58 Å². The number of hydrogen-bond donors (Lipinski definition) is 0. The Morgan fingerprint density at radius 2 is 1.76 bits per heavy atom. The van der Waals surface area contributed by atoms with Crippen molar-refractivity contribution in [3.05, 3.63) is 72.4 Å². The number of hydrogen-bond acceptors (Lipinski definition) is 3. The van der Waals surface area contributed by atoms with Gasteiger partial charge in [-0.2, -0.15) is 0 Å². The number of pyridine rings is 2. The lowest BCUT2D eigenvalue weighted by Crippen LogP contribution is -2.22. The van der Waals surface area contributed by atoms with E-state index in [9.17, 15) is 0 Å². The quantitative estimate of drug-likeness (QED) is 0.349. The van der Waals surface area contributed by atoms with Crippen LogP contribution in [0.25, 0.3) is 44.2 Å². The molecule has 1 saturated carbocycles. The minimum Gasteiger partial charge on any atom is -0.437 e. The Balaban J connectivity index is 1.51. The van der Waals surface area contributed by atoms with Gasteiger partial charge < -0.3 is 4.42 Å². The summed E-state index contributed by atoms with van der Waals surface area (Å²) in [6.45, 7) is 0. The van der Waals surface area contributed by atoms with Gasteiger partial charge >= 0.3 is 0 Å². The zero-order chi connectivity index (χ0) is 19.4. The van der Waals surface area contributed by atoms with E-state index in [0.717, 1.165) is 56.9 Å². The fourth-order valence-electron chi connectivity index (χ4n) is 4.67. The Hall–Kier alpha value is -3.14. The Morgan fingerprint density at radius 3 is 2.59 bits per heavy atom. The van der Waals surface area contributed by atoms with Gasteiger partial charge in [0.25, 0.3) is 0 Å². The molecule has 6 rings (SSSR count). The molecule has 0 saturated heterocycles. The van der Waals surface area contributed by atoms with Gasteiger partial charge in [-0.3, -0.25) is 4.98 Å². The van der Waals surface area contributed by atoms with Crippen molar-refractivity contribution in [3.8, 4) is 11.3 Å². The van der Waals surface area contributed by atoms with E-state index >= 15 is 0 Å². The summed E-state index contributed by atoms with van der Waals surface area (Å²) in [5.41, 5.74) is 5.43. The average molecular weight is 374 g/mol. The number of fused-ring (bicyclic) bond motifs is 4. The van der Waals surface area contributed by atoms with E-state index in [1.54, 1.807) is 0 Å². The molecule has 0 atom stereocenters. The third-order valence-corrected chi connectivity index (χ3v) is 6.30. The molecular formula is C25H19BN2O. The third-order valence-electron chi connectivity index (χ3n) is 6.30. The average Bonchev–Trinajstić information content (AvgIpc) is 3.36. The highest BCUT2D eigenvalue weighted by Gasteiger charge is 2.30. The Bertz CT molecular complexity index is 1360. The van der Waals surface area contributed by atoms with Crippen LogP contribution in [-0.4, -0.2) is 17.8 Å². The molecule has 3 heterocycles. The summed E-state index contributed by atoms with van der Waals surface area (Å²) in [4.78, 5) is 9.48. The van der Waals surface area contributed by atoms with Gasteiger partial charge in [0, 0.05) is 27.9 Å². The molecule has 138 valence electrons. The van der Waals surface area contributed by atoms with E-state index in [2.05, 4.69) is 42.5 Å². The predicted molar refractivity (Wildman–Crippen MR) is 118 cm³/mol. The second-order valence-corrected chi connectivity index (χ2v) is 8.11. The normalized spacial score (nSPS) is 16.1. The summed E-state index contributed by atoms with van der Waals surface area (Å²) in [6, 6.07) is 20.7. The smallest absolute Gasteiger partial charge is 0.227 e. The van der Waals surface area contributed by atoms with E-state index in [-0.39, 0.29) is 5.31 Å². The van der Waals surface area contributed by atoms with E-state index in [1.165, 1.54) is 12.8 Å². The van der Waals surface area contributed by atoms with Gasteiger partial charge in [-0.25, -0.2) is 4.98 Å². The van der Waals surface area contributed by atoms with Crippen molar-refractivity contribution in [1.82, 2.24) is 9.97 Å². The minimum absolute atomic E-state index is 0.221. The molecule has 2 radical (unpaired) electrons. The van der Waals surface area contributed by atoms with Crippen LogP contribution in [0, 0.1) is 0 Å². The van der Waals surface area contributed by atoms with E-state index in [1.807, 2.05) is 24.4 Å². The number of nitrogens with zero attached hydrogens (tertiary/aromatic N) is 2. The molecule has 2 aromatic carbocycles. The first kappa shape index (κ1) is 16.8. The number of rotatable bonds is 2. The van der Waals surface area contributed by atoms with Crippen molar-refractivity contribution in [2.24, 2.45) is 0 Å². The van der Waals surface area contributed by atoms with Crippen molar-refractivity contribution >= 4 is 40.8 Å². The lowest BCUT2D eigenvalue weighted by Gasteiger charge is -2.24. The van der Waals surface area contributed by atoms with Crippen LogP contribution >= 0.6 is 0 Å². The molecule has 0 spiro atoms. The number of benzene rings is 2. The van der Waals surface area contributed by atoms with Crippen molar-refractivity contribution in [2.75, 3.05) is 0 Å². The van der Waals surface area contributed by atoms with Gasteiger partial charge in [0.05, 0.1) is 19.1 Å². The Labute approximate surface area is 170 Å². The zero-order valence-corrected chi connectivity index (χ0v) is 16.1. The summed E-state index contributed by atoms with van der Waals surface area (Å²) in [5, 5.41) is 2.98. The SMILES string of the molecule is [B]C1(c2ccc(-c3cccc4c3oc3nc5ccccc5cc34)nc2)CCCC1. The van der Waals surface area contributed by atoms with Crippen molar-refractivity contribution < 1.29 is 4.42 Å². The highest BCUT2D eigenvalue weighted by Crippen LogP contribution is 2.39. The Kier molecular flexibility index (Phi) is 3.58. The van der Waals surface area contributed by atoms with E-state index in [0.29, 0.717) is 5.71 Å². The molecule has 29 heavy (non-hydrogen) atoms. The van der Waals surface area contributed by atoms with Gasteiger partial charge in [-0.05, 0) is 35.1 Å². The zero-order valence-electron chi connectivity index (χ0n) is 16.1. The molecule has 0 amide bonds. The van der Waals surface area contributed by atoms with Crippen LogP contribution in [0.1, 0.15) is 31.2 Å². The highest BCUT2D eigenvalue weighted by molar-refractivity contribution is 6.16. The third kappa shape index (κ3) is 2.59. The van der Waals surface area contributed by atoms with E-state index in [4.69, 9.17) is 22.2 Å². The molecule has 3 aromatic heterocycles. The fraction of sp³-hybridized carbons (Fsp3) is 0.200. The first-order valence-electron chi connectivity index (χ1n) is 10.2. The lowest BCUT2D eigenvalue weighted by molar-refractivity contribution is 0.633. The molecule has 0 bridgehead atoms. The summed E-state index contributed by atoms with van der Waals surface area (Å²) >= 11 is 0. The maximum atomic E-state index is 6.59. The Morgan fingerprint density at radius 1 is 0.897 bits per heavy atom. The largest absolute Gasteiger partial charge is 0.437 e. The molecule has 4 heteroatoms. The second kappa shape index (κ2) is 6.18. The lowest BCUT2D eigenvalue weighted by atomic mass is 9.63. The maximum absolute atomic E-state index is 6.59. The van der Waals surface area contributed by atoms with Gasteiger partial charge in [-0.1, -0.05) is 62.1 Å². The monoisotopic (exact) mass is 374 g/mol. The van der Waals surface area contributed by atoms with E-state index < -0.39 is 0 Å². The maximum Gasteiger partial charge on any atom is 0.227 e. The topological polar surface area (TPSA) is 38.9 Å². The van der Waals surface area contributed by atoms with Gasteiger partial charge in [-0.15, -0.1) is 0 Å². The molecular weight excluding hydrogens is 355 g/mol. The molecule has 3 nitrogen and oxygen atoms in total. The molecule has 5 aromatic rings. The van der Waals surface area contributed by atoms with Gasteiger partial charge in [0.15, 0.2) is 0 Å². The molecule has 0 N–H and O–H groups in total. The molecule has 1 fully saturated rings. The van der Waals surface area contributed by atoms with Crippen LogP contribution in [0.4, 0.5) is 0 Å². The summed E-state index contributed by atoms with van der Waals surface area (Å²) in [5.74, 6) is 0. The minimum atomic E-state index is -0.221. The van der Waals surface area contributed by atoms with Crippen LogP contribution in [0.2, 0.25) is 0 Å². The molecule has 1 aliphatic carbocycles. The van der Waals surface area contributed by atoms with Crippen molar-refractivity contribution in [2.45, 2.75) is 31.0 Å². The van der Waals surface area contributed by atoms with Gasteiger partial charge in [0.2, 0.25) is 5.71 Å². The first-order valence-corrected chi connectivity index (χ1v) is 10.2. The number of para-hydroxylation sites is 2. The molecule has 0 unspecified atom stereocenters.